The Morgan fingerprint density at radius 3 is 2.61 bits per heavy atom. The first-order chi connectivity index (χ1) is 13.4. The minimum absolute atomic E-state index is 0.0487. The van der Waals surface area contributed by atoms with Crippen LogP contribution < -0.4 is 20.7 Å². The third-order valence-electron chi connectivity index (χ3n) is 3.48. The zero-order valence-corrected chi connectivity index (χ0v) is 16.0. The van der Waals surface area contributed by atoms with Crippen molar-refractivity contribution in [3.8, 4) is 11.6 Å². The fourth-order valence-corrected chi connectivity index (χ4v) is 2.64. The van der Waals surface area contributed by atoms with Gasteiger partial charge in [-0.05, 0) is 30.3 Å². The van der Waals surface area contributed by atoms with Crippen LogP contribution in [0.1, 0.15) is 0 Å². The molecule has 0 aliphatic rings. The van der Waals surface area contributed by atoms with Gasteiger partial charge in [-0.3, -0.25) is 0 Å². The topological polar surface area (TPSA) is 88.2 Å². The normalized spacial score (nSPS) is 10.3. The molecule has 0 unspecified atom stereocenters. The smallest absolute Gasteiger partial charge is 0.323 e. The first-order valence-electron chi connectivity index (χ1n) is 7.95. The zero-order valence-electron chi connectivity index (χ0n) is 14.5. The van der Waals surface area contributed by atoms with Crippen LogP contribution in [0.3, 0.4) is 0 Å². The molecule has 1 heterocycles. The molecule has 0 spiro atoms. The number of carbonyl (C=O) groups is 1. The van der Waals surface area contributed by atoms with E-state index in [1.54, 1.807) is 19.2 Å². The highest BCUT2D eigenvalue weighted by Crippen LogP contribution is 2.27. The summed E-state index contributed by atoms with van der Waals surface area (Å²) in [6.45, 7) is 0. The van der Waals surface area contributed by atoms with Gasteiger partial charge in [0.25, 0.3) is 0 Å². The summed E-state index contributed by atoms with van der Waals surface area (Å²) in [7, 11) is 1.69. The number of urea groups is 1. The molecule has 0 saturated carbocycles. The van der Waals surface area contributed by atoms with Gasteiger partial charge in [0, 0.05) is 29.9 Å². The van der Waals surface area contributed by atoms with E-state index in [2.05, 4.69) is 25.9 Å². The number of halogens is 3. The summed E-state index contributed by atoms with van der Waals surface area (Å²) in [5.41, 5.74) is 0.596. The first kappa shape index (κ1) is 19.7. The van der Waals surface area contributed by atoms with Crippen LogP contribution in [0.5, 0.6) is 11.6 Å². The van der Waals surface area contributed by atoms with Gasteiger partial charge in [-0.1, -0.05) is 23.2 Å². The molecule has 10 heteroatoms. The molecule has 3 aromatic rings. The fourth-order valence-electron chi connectivity index (χ4n) is 2.18. The van der Waals surface area contributed by atoms with Crippen molar-refractivity contribution in [2.45, 2.75) is 0 Å². The minimum atomic E-state index is -0.674. The van der Waals surface area contributed by atoms with Crippen molar-refractivity contribution in [2.24, 2.45) is 0 Å². The van der Waals surface area contributed by atoms with Crippen LogP contribution in [0.2, 0.25) is 10.0 Å². The molecule has 0 saturated heterocycles. The van der Waals surface area contributed by atoms with E-state index in [-0.39, 0.29) is 22.3 Å². The van der Waals surface area contributed by atoms with Gasteiger partial charge in [-0.2, -0.15) is 0 Å². The fraction of sp³-hybridized carbons (Fsp3) is 0.0556. The second kappa shape index (κ2) is 8.73. The number of amides is 2. The Kier molecular flexibility index (Phi) is 6.13. The van der Waals surface area contributed by atoms with E-state index in [1.165, 1.54) is 30.6 Å². The quantitative estimate of drug-likeness (QED) is 0.513. The monoisotopic (exact) mass is 421 g/mol. The Hall–Kier alpha value is -3.10. The van der Waals surface area contributed by atoms with Gasteiger partial charge in [0.1, 0.15) is 12.1 Å². The molecule has 0 aliphatic carbocycles. The standard InChI is InChI=1S/C18H14Cl2FN5O2/c1-22-16-8-17(24-9-23-16)28-15-5-3-11(7-13(15)21)25-18(27)26-14-4-2-10(19)6-12(14)20/h2-9H,1H3,(H,22,23,24)(H2,25,26,27). The van der Waals surface area contributed by atoms with Gasteiger partial charge in [-0.15, -0.1) is 0 Å². The van der Waals surface area contributed by atoms with Gasteiger partial charge in [0.15, 0.2) is 11.6 Å². The second-order valence-corrected chi connectivity index (χ2v) is 6.29. The van der Waals surface area contributed by atoms with E-state index in [1.807, 2.05) is 0 Å². The number of ether oxygens (including phenoxy) is 1. The second-order valence-electron chi connectivity index (χ2n) is 5.44. The Morgan fingerprint density at radius 1 is 1.07 bits per heavy atom. The van der Waals surface area contributed by atoms with Gasteiger partial charge in [0.05, 0.1) is 10.7 Å². The summed E-state index contributed by atoms with van der Waals surface area (Å²) in [4.78, 5) is 19.9. The van der Waals surface area contributed by atoms with Crippen LogP contribution in [-0.4, -0.2) is 23.0 Å². The highest BCUT2D eigenvalue weighted by molar-refractivity contribution is 6.36. The summed E-state index contributed by atoms with van der Waals surface area (Å²) in [6.07, 6.45) is 1.29. The Balaban J connectivity index is 1.67. The summed E-state index contributed by atoms with van der Waals surface area (Å²) >= 11 is 11.8. The van der Waals surface area contributed by atoms with Gasteiger partial charge < -0.3 is 20.7 Å². The van der Waals surface area contributed by atoms with Crippen LogP contribution in [0.4, 0.5) is 26.4 Å². The summed E-state index contributed by atoms with van der Waals surface area (Å²) in [5.74, 6) is -0.0188. The lowest BCUT2D eigenvalue weighted by atomic mass is 10.3. The molecule has 0 radical (unpaired) electrons. The van der Waals surface area contributed by atoms with Gasteiger partial charge >= 0.3 is 6.03 Å². The predicted octanol–water partition coefficient (Wildman–Crippen LogP) is 5.40. The molecule has 7 nitrogen and oxygen atoms in total. The molecule has 0 aliphatic heterocycles. The van der Waals surface area contributed by atoms with Crippen LogP contribution >= 0.6 is 23.2 Å². The van der Waals surface area contributed by atoms with E-state index in [0.29, 0.717) is 16.5 Å². The van der Waals surface area contributed by atoms with Crippen LogP contribution in [0, 0.1) is 5.82 Å². The van der Waals surface area contributed by atoms with Gasteiger partial charge in [-0.25, -0.2) is 19.2 Å². The maximum absolute atomic E-state index is 14.3. The molecule has 0 atom stereocenters. The number of aromatic nitrogens is 2. The summed E-state index contributed by atoms with van der Waals surface area (Å²) < 4.78 is 19.7. The molecular formula is C18H14Cl2FN5O2. The van der Waals surface area contributed by atoms with Crippen molar-refractivity contribution in [3.05, 3.63) is 64.7 Å². The predicted molar refractivity (Wildman–Crippen MR) is 107 cm³/mol. The van der Waals surface area contributed by atoms with Crippen molar-refractivity contribution in [1.29, 1.82) is 0 Å². The van der Waals surface area contributed by atoms with Crippen molar-refractivity contribution < 1.29 is 13.9 Å². The summed E-state index contributed by atoms with van der Waals surface area (Å²) in [6, 6.07) is 9.56. The number of hydrogen-bond donors (Lipinski definition) is 3. The zero-order chi connectivity index (χ0) is 20.1. The third kappa shape index (κ3) is 4.99. The molecular weight excluding hydrogens is 408 g/mol. The van der Waals surface area contributed by atoms with Crippen molar-refractivity contribution >= 4 is 46.4 Å². The molecule has 3 N–H and O–H groups in total. The van der Waals surface area contributed by atoms with Crippen molar-refractivity contribution in [2.75, 3.05) is 23.0 Å². The molecule has 3 rings (SSSR count). The number of rotatable bonds is 5. The Morgan fingerprint density at radius 2 is 1.89 bits per heavy atom. The first-order valence-corrected chi connectivity index (χ1v) is 8.70. The average molecular weight is 422 g/mol. The maximum Gasteiger partial charge on any atom is 0.323 e. The third-order valence-corrected chi connectivity index (χ3v) is 4.03. The minimum Gasteiger partial charge on any atom is -0.436 e. The number of hydrogen-bond acceptors (Lipinski definition) is 5. The molecule has 144 valence electrons. The van der Waals surface area contributed by atoms with E-state index in [4.69, 9.17) is 27.9 Å². The highest BCUT2D eigenvalue weighted by atomic mass is 35.5. The lowest BCUT2D eigenvalue weighted by Gasteiger charge is -2.11. The molecule has 28 heavy (non-hydrogen) atoms. The number of carbonyl (C=O) groups excluding carboxylic acids is 1. The number of nitrogens with zero attached hydrogens (tertiary/aromatic N) is 2. The van der Waals surface area contributed by atoms with Crippen LogP contribution in [-0.2, 0) is 0 Å². The maximum atomic E-state index is 14.3. The Bertz CT molecular complexity index is 1020. The average Bonchev–Trinajstić information content (AvgIpc) is 2.66. The molecule has 0 fully saturated rings. The van der Waals surface area contributed by atoms with Crippen LogP contribution in [0.15, 0.2) is 48.8 Å². The molecule has 0 bridgehead atoms. The van der Waals surface area contributed by atoms with Crippen molar-refractivity contribution in [1.82, 2.24) is 9.97 Å². The van der Waals surface area contributed by atoms with Crippen molar-refractivity contribution in [3.63, 3.8) is 0 Å². The largest absolute Gasteiger partial charge is 0.436 e. The SMILES string of the molecule is CNc1cc(Oc2ccc(NC(=O)Nc3ccc(Cl)cc3Cl)cc2F)ncn1. The number of benzene rings is 2. The van der Waals surface area contributed by atoms with E-state index < -0.39 is 11.8 Å². The number of anilines is 3. The van der Waals surface area contributed by atoms with Gasteiger partial charge in [0.2, 0.25) is 5.88 Å². The lowest BCUT2D eigenvalue weighted by molar-refractivity contribution is 0.262. The lowest BCUT2D eigenvalue weighted by Crippen LogP contribution is -2.19. The number of nitrogens with one attached hydrogen (secondary N) is 3. The summed E-state index contributed by atoms with van der Waals surface area (Å²) in [5, 5.41) is 8.62. The Labute approximate surface area is 169 Å². The van der Waals surface area contributed by atoms with Crippen LogP contribution in [0.25, 0.3) is 0 Å². The van der Waals surface area contributed by atoms with E-state index in [0.717, 1.165) is 6.07 Å². The van der Waals surface area contributed by atoms with E-state index >= 15 is 0 Å². The highest BCUT2D eigenvalue weighted by Gasteiger charge is 2.11. The molecule has 2 amide bonds. The molecule has 2 aromatic carbocycles. The van der Waals surface area contributed by atoms with E-state index in [9.17, 15) is 9.18 Å². The molecule has 1 aromatic heterocycles.